The van der Waals surface area contributed by atoms with Gasteiger partial charge in [-0.15, -0.1) is 4.52 Å². The smallest absolute Gasteiger partial charge is 0.455 e. The van der Waals surface area contributed by atoms with Gasteiger partial charge in [-0.2, -0.15) is 33.5 Å². The summed E-state index contributed by atoms with van der Waals surface area (Å²) in [6.07, 6.45) is -6.51. The highest BCUT2D eigenvalue weighted by Gasteiger charge is 2.54. The summed E-state index contributed by atoms with van der Waals surface area (Å²) < 4.78 is 45.4. The van der Waals surface area contributed by atoms with Crippen molar-refractivity contribution in [1.29, 1.82) is 0 Å². The van der Waals surface area contributed by atoms with E-state index >= 15 is 0 Å². The minimum Gasteiger partial charge on any atom is -0.455 e. The van der Waals surface area contributed by atoms with E-state index in [0.717, 1.165) is 10.9 Å². The van der Waals surface area contributed by atoms with Crippen LogP contribution in [0.2, 0.25) is 0 Å². The van der Waals surface area contributed by atoms with Gasteiger partial charge in [-0.1, -0.05) is 0 Å². The number of hydrogen-bond donors (Lipinski definition) is 9. The van der Waals surface area contributed by atoms with E-state index in [2.05, 4.69) is 39.8 Å². The first kappa shape index (κ1) is 47.7. The molecule has 0 saturated carbocycles. The van der Waals surface area contributed by atoms with E-state index in [9.17, 15) is 48.8 Å². The van der Waals surface area contributed by atoms with Crippen LogP contribution in [0.4, 0.5) is 15.4 Å². The average Bonchev–Trinajstić information content (AvgIpc) is 3.87. The molecule has 2 aliphatic heterocycles. The lowest BCUT2D eigenvalue weighted by atomic mass is 10.1. The van der Waals surface area contributed by atoms with Crippen molar-refractivity contribution in [3.63, 3.8) is 0 Å². The molecule has 3 aromatic rings. The number of nitrogens with two attached hydrogens (primary N) is 1. The molecule has 0 aromatic carbocycles. The van der Waals surface area contributed by atoms with Gasteiger partial charge in [0.15, 0.2) is 23.8 Å². The Labute approximate surface area is 347 Å². The van der Waals surface area contributed by atoms with Crippen LogP contribution < -0.4 is 22.1 Å². The van der Waals surface area contributed by atoms with Crippen molar-refractivity contribution in [2.75, 3.05) is 32.6 Å². The fraction of sp³-hybridized carbons (Fsp3) is 0.625. The van der Waals surface area contributed by atoms with Crippen molar-refractivity contribution in [2.24, 2.45) is 0 Å². The Morgan fingerprint density at radius 3 is 2.43 bits per heavy atom. The molecule has 29 heteroatoms. The number of nitrogens with zero attached hydrogens (tertiary/aromatic N) is 6. The van der Waals surface area contributed by atoms with Crippen molar-refractivity contribution >= 4 is 51.5 Å². The minimum absolute atomic E-state index is 0.00371. The molecule has 2 saturated heterocycles. The first-order valence-electron chi connectivity index (χ1n) is 18.5. The van der Waals surface area contributed by atoms with E-state index in [1.54, 1.807) is 20.8 Å². The number of aliphatic hydroxyl groups excluding tert-OH is 1. The number of fused-ring (bicyclic) bond motifs is 1. The number of carbonyl (C=O) groups is 3. The Morgan fingerprint density at radius 2 is 1.74 bits per heavy atom. The summed E-state index contributed by atoms with van der Waals surface area (Å²) in [7, 11) is -8.56. The highest BCUT2D eigenvalue weighted by Crippen LogP contribution is 2.56. The SMILES string of the molecule is COC(=O)NCCCC[C@H](NC(=O)OC(C)(C)C)C(=O)O[C@H]1[C@@H](O)[C@H](n2cnc3c(N)ncnc32)O[C@@H]1CO[P+](O)(O)O[C@H]1C[C@H](n2cccnc2=O)O[C@@H]1CO[P+](O)(O)O. The molecular formula is C32H49N9O18P2+2. The van der Waals surface area contributed by atoms with Gasteiger partial charge in [0.1, 0.15) is 67.3 Å². The third-order valence-corrected chi connectivity index (χ3v) is 10.4. The third-order valence-electron chi connectivity index (χ3n) is 8.89. The second-order valence-electron chi connectivity index (χ2n) is 14.6. The van der Waals surface area contributed by atoms with Crippen LogP contribution in [0.15, 0.2) is 35.9 Å². The normalized spacial score (nSPS) is 23.7. The van der Waals surface area contributed by atoms with E-state index in [-0.39, 0.29) is 42.8 Å². The molecule has 2 amide bonds. The van der Waals surface area contributed by atoms with E-state index in [4.69, 9.17) is 33.7 Å². The lowest BCUT2D eigenvalue weighted by Crippen LogP contribution is -2.47. The molecule has 5 heterocycles. The number of methoxy groups -OCH3 is 1. The number of ether oxygens (including phenoxy) is 5. The number of amides is 2. The highest BCUT2D eigenvalue weighted by molar-refractivity contribution is 7.54. The minimum atomic E-state index is -4.96. The zero-order valence-corrected chi connectivity index (χ0v) is 35.0. The molecule has 0 radical (unpaired) electrons. The van der Waals surface area contributed by atoms with Crippen molar-refractivity contribution in [3.8, 4) is 0 Å². The number of hydrogen-bond acceptors (Lipinski definition) is 23. The molecule has 0 bridgehead atoms. The molecule has 0 aliphatic carbocycles. The molecule has 0 unspecified atom stereocenters. The zero-order chi connectivity index (χ0) is 44.7. The molecule has 8 atom stereocenters. The first-order chi connectivity index (χ1) is 28.6. The molecule has 0 spiro atoms. The number of nitrogens with one attached hydrogen (secondary N) is 2. The van der Waals surface area contributed by atoms with Gasteiger partial charge in [0.2, 0.25) is 0 Å². The Balaban J connectivity index is 1.36. The van der Waals surface area contributed by atoms with Gasteiger partial charge in [0.05, 0.1) is 13.4 Å². The molecular weight excluding hydrogens is 860 g/mol. The van der Waals surface area contributed by atoms with Crippen molar-refractivity contribution < 1.29 is 81.2 Å². The van der Waals surface area contributed by atoms with Gasteiger partial charge in [-0.3, -0.25) is 9.13 Å². The molecule has 338 valence electrons. The van der Waals surface area contributed by atoms with Crippen LogP contribution in [0.1, 0.15) is 58.9 Å². The van der Waals surface area contributed by atoms with Crippen LogP contribution in [-0.2, 0) is 42.1 Å². The predicted molar refractivity (Wildman–Crippen MR) is 206 cm³/mol. The van der Waals surface area contributed by atoms with Crippen LogP contribution in [0, 0.1) is 0 Å². The number of aromatic nitrogens is 6. The monoisotopic (exact) mass is 909 g/mol. The number of alkyl carbamates (subject to hydrolysis) is 2. The number of aliphatic hydroxyl groups is 1. The van der Waals surface area contributed by atoms with Gasteiger partial charge < -0.3 is 45.2 Å². The summed E-state index contributed by atoms with van der Waals surface area (Å²) in [4.78, 5) is 117. The Bertz CT molecular complexity index is 2030. The van der Waals surface area contributed by atoms with Gasteiger partial charge in [0, 0.05) is 25.4 Å². The molecule has 61 heavy (non-hydrogen) atoms. The van der Waals surface area contributed by atoms with Gasteiger partial charge in [-0.25, -0.2) is 39.1 Å². The number of esters is 1. The van der Waals surface area contributed by atoms with Gasteiger partial charge in [0.25, 0.3) is 0 Å². The maximum atomic E-state index is 13.9. The summed E-state index contributed by atoms with van der Waals surface area (Å²) in [5, 5.41) is 16.6. The van der Waals surface area contributed by atoms with Crippen LogP contribution in [0.3, 0.4) is 0 Å². The number of unbranched alkanes of at least 4 members (excludes halogenated alkanes) is 1. The predicted octanol–water partition coefficient (Wildman–Crippen LogP) is -0.722. The first-order valence-corrected chi connectivity index (χ1v) is 21.6. The largest absolute Gasteiger partial charge is 0.570 e. The molecule has 3 aromatic heterocycles. The topological polar surface area (TPSA) is 375 Å². The summed E-state index contributed by atoms with van der Waals surface area (Å²) in [6, 6.07) is 0.0594. The van der Waals surface area contributed by atoms with Crippen LogP contribution in [0.25, 0.3) is 11.2 Å². The lowest BCUT2D eigenvalue weighted by Gasteiger charge is -2.26. The Morgan fingerprint density at radius 1 is 1.00 bits per heavy atom. The quantitative estimate of drug-likeness (QED) is 0.0329. The fourth-order valence-electron chi connectivity index (χ4n) is 6.21. The highest BCUT2D eigenvalue weighted by atomic mass is 31.2. The lowest BCUT2D eigenvalue weighted by molar-refractivity contribution is -0.159. The van der Waals surface area contributed by atoms with Crippen molar-refractivity contribution in [3.05, 3.63) is 41.6 Å². The maximum absolute atomic E-state index is 13.9. The van der Waals surface area contributed by atoms with Crippen molar-refractivity contribution in [1.82, 2.24) is 39.7 Å². The zero-order valence-electron chi connectivity index (χ0n) is 33.2. The fourth-order valence-corrected chi connectivity index (χ4v) is 7.53. The summed E-state index contributed by atoms with van der Waals surface area (Å²) >= 11 is 0. The number of rotatable bonds is 18. The average molecular weight is 910 g/mol. The standard InChI is InChI=1S/C32H47N9O18P2/c1-32(2,3)58-31(46)39-17(8-5-6-9-35-30(45)52-4)28(43)57-24-20(56-27(23(24)42)41-16-38-22-25(33)36-15-37-26(22)41)14-54-61(50,51)59-18-12-21(40-11-7-10-34-29(40)44)55-19(18)13-53-60(47,48)49/h7,10-11,15-21,23-24,27,42,47-51H,5-6,8-9,12-14H2,1-4H3,(H2-2,33,35,36,37,39,45,46)/p+2/t17-,18-,19+,20+,21+,23+,24+,27+/m0/s1. The number of anilines is 1. The van der Waals surface area contributed by atoms with E-state index < -0.39 is 108 Å². The van der Waals surface area contributed by atoms with E-state index in [1.165, 1.54) is 36.5 Å². The molecule has 2 aliphatic rings. The second kappa shape index (κ2) is 20.2. The maximum Gasteiger partial charge on any atom is 0.570 e. The van der Waals surface area contributed by atoms with Crippen LogP contribution in [0.5, 0.6) is 0 Å². The number of imidazole rings is 1. The molecule has 2 fully saturated rings. The van der Waals surface area contributed by atoms with E-state index in [0.29, 0.717) is 6.42 Å². The second-order valence-corrected chi connectivity index (χ2v) is 17.3. The Kier molecular flexibility index (Phi) is 15.8. The summed E-state index contributed by atoms with van der Waals surface area (Å²) in [6.45, 7) is 3.43. The summed E-state index contributed by atoms with van der Waals surface area (Å²) in [5.74, 6) is -1.06. The molecule has 5 rings (SSSR count). The third kappa shape index (κ3) is 13.3. The number of carbonyl (C=O) groups excluding carboxylic acids is 3. The molecule has 27 nitrogen and oxygen atoms in total. The van der Waals surface area contributed by atoms with Crippen molar-refractivity contribution in [2.45, 2.75) is 101 Å². The van der Waals surface area contributed by atoms with Gasteiger partial charge in [-0.05, 0) is 46.1 Å². The van der Waals surface area contributed by atoms with Crippen LogP contribution >= 0.6 is 16.3 Å². The number of nitrogen functional groups attached to an aromatic ring is 1. The summed E-state index contributed by atoms with van der Waals surface area (Å²) in [5.41, 5.74) is 4.52. The van der Waals surface area contributed by atoms with Crippen LogP contribution in [-0.4, -0.2) is 146 Å². The van der Waals surface area contributed by atoms with E-state index in [1.807, 2.05) is 0 Å². The molecule has 10 N–H and O–H groups in total. The van der Waals surface area contributed by atoms with Gasteiger partial charge >= 0.3 is 40.2 Å². The Hall–Kier alpha value is -4.34.